The predicted octanol–water partition coefficient (Wildman–Crippen LogP) is 2.89. The van der Waals surface area contributed by atoms with Crippen molar-refractivity contribution in [3.63, 3.8) is 0 Å². The first-order chi connectivity index (χ1) is 13.8. The molecule has 29 heavy (non-hydrogen) atoms. The Bertz CT molecular complexity index is 1150. The fraction of sp³-hybridized carbons (Fsp3) is 0.143. The van der Waals surface area contributed by atoms with E-state index in [0.29, 0.717) is 11.3 Å². The normalized spacial score (nSPS) is 11.4. The van der Waals surface area contributed by atoms with E-state index in [0.717, 1.165) is 15.1 Å². The topological polar surface area (TPSA) is 92.8 Å². The van der Waals surface area contributed by atoms with Crippen LogP contribution in [0.4, 0.5) is 5.69 Å². The van der Waals surface area contributed by atoms with E-state index in [2.05, 4.69) is 5.32 Å². The van der Waals surface area contributed by atoms with E-state index in [4.69, 9.17) is 4.74 Å². The molecule has 3 aromatic rings. The third-order valence-corrected chi connectivity index (χ3v) is 6.09. The third-order valence-electron chi connectivity index (χ3n) is 4.26. The Morgan fingerprint density at radius 3 is 2.28 bits per heavy atom. The molecule has 1 N–H and O–H groups in total. The molecule has 0 aromatic heterocycles. The van der Waals surface area contributed by atoms with E-state index in [1.165, 1.54) is 38.4 Å². The number of ether oxygens (including phenoxy) is 1. The number of nitrogens with zero attached hydrogens (tertiary/aromatic N) is 1. The Kier molecular flexibility index (Phi) is 5.95. The highest BCUT2D eigenvalue weighted by atomic mass is 32.2. The van der Waals surface area contributed by atoms with Crippen molar-refractivity contribution in [2.75, 3.05) is 26.0 Å². The number of esters is 1. The quantitative estimate of drug-likeness (QED) is 0.629. The lowest BCUT2D eigenvalue weighted by molar-refractivity contribution is -0.119. The molecule has 0 saturated heterocycles. The van der Waals surface area contributed by atoms with Gasteiger partial charge in [0.25, 0.3) is 5.91 Å². The van der Waals surface area contributed by atoms with Gasteiger partial charge in [-0.05, 0) is 41.1 Å². The highest BCUT2D eigenvalue weighted by Crippen LogP contribution is 2.19. The molecule has 150 valence electrons. The first kappa shape index (κ1) is 20.5. The van der Waals surface area contributed by atoms with Crippen molar-refractivity contribution in [2.24, 2.45) is 0 Å². The summed E-state index contributed by atoms with van der Waals surface area (Å²) in [7, 11) is -0.661. The highest BCUT2D eigenvalue weighted by Gasteiger charge is 2.17. The molecular formula is C21H20N2O5S. The van der Waals surface area contributed by atoms with Gasteiger partial charge in [-0.1, -0.05) is 36.4 Å². The van der Waals surface area contributed by atoms with Crippen LogP contribution in [0.15, 0.2) is 71.6 Å². The molecule has 0 bridgehead atoms. The summed E-state index contributed by atoms with van der Waals surface area (Å²) in [5, 5.41) is 4.22. The lowest BCUT2D eigenvalue weighted by atomic mass is 10.1. The Hall–Kier alpha value is -3.23. The van der Waals surface area contributed by atoms with Gasteiger partial charge in [0.15, 0.2) is 6.61 Å². The van der Waals surface area contributed by atoms with E-state index in [1.807, 2.05) is 30.3 Å². The second-order valence-electron chi connectivity index (χ2n) is 6.46. The summed E-state index contributed by atoms with van der Waals surface area (Å²) in [5.41, 5.74) is 0.781. The molecule has 0 aliphatic rings. The maximum absolute atomic E-state index is 12.4. The van der Waals surface area contributed by atoms with Crippen LogP contribution in [0.2, 0.25) is 0 Å². The molecule has 0 saturated carbocycles. The van der Waals surface area contributed by atoms with Gasteiger partial charge in [-0.15, -0.1) is 0 Å². The van der Waals surface area contributed by atoms with E-state index in [-0.39, 0.29) is 4.90 Å². The summed E-state index contributed by atoms with van der Waals surface area (Å²) in [4.78, 5) is 24.6. The lowest BCUT2D eigenvalue weighted by Crippen LogP contribution is -2.22. The van der Waals surface area contributed by atoms with Crippen LogP contribution in [0.25, 0.3) is 10.8 Å². The van der Waals surface area contributed by atoms with Crippen LogP contribution < -0.4 is 5.32 Å². The van der Waals surface area contributed by atoms with Gasteiger partial charge < -0.3 is 10.1 Å². The van der Waals surface area contributed by atoms with Crippen LogP contribution in [0.5, 0.6) is 0 Å². The molecule has 0 unspecified atom stereocenters. The molecule has 0 aliphatic carbocycles. The van der Waals surface area contributed by atoms with Crippen LogP contribution in [0, 0.1) is 0 Å². The number of benzene rings is 3. The molecule has 0 heterocycles. The Balaban J connectivity index is 1.62. The molecule has 8 heteroatoms. The number of anilines is 1. The van der Waals surface area contributed by atoms with Gasteiger partial charge in [0.05, 0.1) is 10.5 Å². The van der Waals surface area contributed by atoms with Crippen molar-refractivity contribution < 1.29 is 22.7 Å². The van der Waals surface area contributed by atoms with E-state index in [9.17, 15) is 18.0 Å². The largest absolute Gasteiger partial charge is 0.452 e. The summed E-state index contributed by atoms with van der Waals surface area (Å²) in [6.45, 7) is -0.459. The smallest absolute Gasteiger partial charge is 0.339 e. The van der Waals surface area contributed by atoms with Crippen molar-refractivity contribution in [3.8, 4) is 0 Å². The summed E-state index contributed by atoms with van der Waals surface area (Å²) in [5.74, 6) is -1.12. The molecular weight excluding hydrogens is 392 g/mol. The number of amides is 1. The molecule has 0 fully saturated rings. The van der Waals surface area contributed by atoms with Crippen LogP contribution in [-0.4, -0.2) is 45.3 Å². The van der Waals surface area contributed by atoms with Gasteiger partial charge in [-0.2, -0.15) is 0 Å². The van der Waals surface area contributed by atoms with E-state index < -0.39 is 28.5 Å². The van der Waals surface area contributed by atoms with Gasteiger partial charge in [0, 0.05) is 19.8 Å². The molecule has 7 nitrogen and oxygen atoms in total. The van der Waals surface area contributed by atoms with Gasteiger partial charge >= 0.3 is 5.97 Å². The number of hydrogen-bond donors (Lipinski definition) is 1. The van der Waals surface area contributed by atoms with Crippen molar-refractivity contribution in [1.82, 2.24) is 4.31 Å². The number of fused-ring (bicyclic) bond motifs is 1. The standard InChI is InChI=1S/C21H20N2O5S/c1-23(2)29(26,27)17-12-10-16(11-13-17)22-20(24)14-28-21(25)19-9-5-7-15-6-3-4-8-18(15)19/h3-13H,14H2,1-2H3,(H,22,24). The molecule has 3 aromatic carbocycles. The summed E-state index contributed by atoms with van der Waals surface area (Å²) < 4.78 is 30.3. The Morgan fingerprint density at radius 1 is 0.931 bits per heavy atom. The first-order valence-corrected chi connectivity index (χ1v) is 10.2. The Morgan fingerprint density at radius 2 is 1.59 bits per heavy atom. The van der Waals surface area contributed by atoms with Crippen LogP contribution in [-0.2, 0) is 19.6 Å². The van der Waals surface area contributed by atoms with Crippen LogP contribution in [0.1, 0.15) is 10.4 Å². The molecule has 0 aliphatic heterocycles. The Labute approximate surface area is 169 Å². The van der Waals surface area contributed by atoms with Crippen molar-refractivity contribution in [2.45, 2.75) is 4.90 Å². The van der Waals surface area contributed by atoms with Crippen molar-refractivity contribution >= 4 is 38.4 Å². The number of carbonyl (C=O) groups excluding carboxylic acids is 2. The fourth-order valence-electron chi connectivity index (χ4n) is 2.73. The van der Waals surface area contributed by atoms with Gasteiger partial charge in [0.1, 0.15) is 0 Å². The zero-order valence-corrected chi connectivity index (χ0v) is 16.8. The average molecular weight is 412 g/mol. The predicted molar refractivity (Wildman–Crippen MR) is 110 cm³/mol. The molecule has 0 atom stereocenters. The van der Waals surface area contributed by atoms with Crippen LogP contribution >= 0.6 is 0 Å². The van der Waals surface area contributed by atoms with E-state index >= 15 is 0 Å². The molecule has 1 amide bonds. The molecule has 3 rings (SSSR count). The van der Waals surface area contributed by atoms with Crippen molar-refractivity contribution in [1.29, 1.82) is 0 Å². The van der Waals surface area contributed by atoms with Gasteiger partial charge in [-0.3, -0.25) is 4.79 Å². The number of carbonyl (C=O) groups is 2. The highest BCUT2D eigenvalue weighted by molar-refractivity contribution is 7.89. The number of nitrogens with one attached hydrogen (secondary N) is 1. The number of sulfonamides is 1. The summed E-state index contributed by atoms with van der Waals surface area (Å²) in [6.07, 6.45) is 0. The summed E-state index contributed by atoms with van der Waals surface area (Å²) >= 11 is 0. The third kappa shape index (κ3) is 4.61. The minimum absolute atomic E-state index is 0.114. The lowest BCUT2D eigenvalue weighted by Gasteiger charge is -2.12. The number of hydrogen-bond acceptors (Lipinski definition) is 5. The summed E-state index contributed by atoms with van der Waals surface area (Å²) in [6, 6.07) is 18.4. The maximum atomic E-state index is 12.4. The zero-order chi connectivity index (χ0) is 21.0. The van der Waals surface area contributed by atoms with Crippen molar-refractivity contribution in [3.05, 3.63) is 72.3 Å². The first-order valence-electron chi connectivity index (χ1n) is 8.76. The second-order valence-corrected chi connectivity index (χ2v) is 8.61. The molecule has 0 radical (unpaired) electrons. The minimum atomic E-state index is -3.54. The van der Waals surface area contributed by atoms with Crippen LogP contribution in [0.3, 0.4) is 0 Å². The second kappa shape index (κ2) is 8.42. The fourth-order valence-corrected chi connectivity index (χ4v) is 3.63. The minimum Gasteiger partial charge on any atom is -0.452 e. The average Bonchev–Trinajstić information content (AvgIpc) is 2.72. The van der Waals surface area contributed by atoms with Gasteiger partial charge in [-0.25, -0.2) is 17.5 Å². The van der Waals surface area contributed by atoms with Gasteiger partial charge in [0.2, 0.25) is 10.0 Å². The monoisotopic (exact) mass is 412 g/mol. The molecule has 0 spiro atoms. The maximum Gasteiger partial charge on any atom is 0.339 e. The SMILES string of the molecule is CN(C)S(=O)(=O)c1ccc(NC(=O)COC(=O)c2cccc3ccccc23)cc1. The zero-order valence-electron chi connectivity index (χ0n) is 16.0. The van der Waals surface area contributed by atoms with E-state index in [1.54, 1.807) is 12.1 Å². The number of rotatable bonds is 6.